The molecule has 0 aromatic heterocycles. The van der Waals surface area contributed by atoms with E-state index in [1.54, 1.807) is 6.92 Å². The molecule has 1 aliphatic heterocycles. The molecule has 1 saturated heterocycles. The van der Waals surface area contributed by atoms with Crippen LogP contribution in [0.15, 0.2) is 24.3 Å². The van der Waals surface area contributed by atoms with Gasteiger partial charge in [0.1, 0.15) is 12.4 Å². The first kappa shape index (κ1) is 15.4. The van der Waals surface area contributed by atoms with Gasteiger partial charge in [-0.1, -0.05) is 12.1 Å². The van der Waals surface area contributed by atoms with Gasteiger partial charge in [-0.25, -0.2) is 0 Å². The Labute approximate surface area is 121 Å². The number of aliphatic hydroxyl groups is 1. The smallest absolute Gasteiger partial charge is 0.491 e. The van der Waals surface area contributed by atoms with E-state index in [4.69, 9.17) is 14.0 Å². The molecule has 1 N–H and O–H groups in total. The first-order valence-electron chi connectivity index (χ1n) is 6.98. The van der Waals surface area contributed by atoms with Gasteiger partial charge in [0.05, 0.1) is 17.3 Å². The van der Waals surface area contributed by atoms with Crippen molar-refractivity contribution in [3.63, 3.8) is 0 Å². The van der Waals surface area contributed by atoms with E-state index in [9.17, 15) is 5.11 Å². The summed E-state index contributed by atoms with van der Waals surface area (Å²) in [6.07, 6.45) is -0.474. The predicted molar refractivity (Wildman–Crippen MR) is 79.3 cm³/mol. The van der Waals surface area contributed by atoms with Crippen LogP contribution in [0.4, 0.5) is 0 Å². The second-order valence-corrected chi connectivity index (χ2v) is 6.32. The fourth-order valence-electron chi connectivity index (χ4n) is 1.92. The minimum Gasteiger partial charge on any atom is -0.491 e. The average Bonchev–Trinajstić information content (AvgIpc) is 2.56. The van der Waals surface area contributed by atoms with Crippen LogP contribution in [0.2, 0.25) is 0 Å². The Hall–Kier alpha value is -1.04. The van der Waals surface area contributed by atoms with Crippen molar-refractivity contribution >= 4 is 12.6 Å². The maximum absolute atomic E-state index is 9.19. The minimum absolute atomic E-state index is 0.288. The molecule has 1 aliphatic rings. The molecule has 110 valence electrons. The molecule has 4 nitrogen and oxygen atoms in total. The third kappa shape index (κ3) is 3.16. The molecule has 0 radical (unpaired) electrons. The highest BCUT2D eigenvalue weighted by atomic mass is 16.7. The van der Waals surface area contributed by atoms with Crippen molar-refractivity contribution in [1.82, 2.24) is 0 Å². The van der Waals surface area contributed by atoms with Crippen LogP contribution >= 0.6 is 0 Å². The monoisotopic (exact) mass is 278 g/mol. The maximum Gasteiger partial charge on any atom is 0.494 e. The van der Waals surface area contributed by atoms with Crippen LogP contribution in [0.3, 0.4) is 0 Å². The van der Waals surface area contributed by atoms with Crippen LogP contribution in [-0.2, 0) is 9.31 Å². The van der Waals surface area contributed by atoms with Crippen LogP contribution in [0.1, 0.15) is 34.6 Å². The van der Waals surface area contributed by atoms with Crippen LogP contribution in [0, 0.1) is 0 Å². The lowest BCUT2D eigenvalue weighted by atomic mass is 9.79. The van der Waals surface area contributed by atoms with Gasteiger partial charge >= 0.3 is 7.12 Å². The van der Waals surface area contributed by atoms with E-state index in [2.05, 4.69) is 0 Å². The molecule has 1 aromatic carbocycles. The molecule has 1 fully saturated rings. The molecule has 1 atom stereocenters. The number of benzene rings is 1. The summed E-state index contributed by atoms with van der Waals surface area (Å²) in [7, 11) is -0.356. The van der Waals surface area contributed by atoms with Gasteiger partial charge < -0.3 is 19.2 Å². The number of hydrogen-bond acceptors (Lipinski definition) is 4. The molecular weight excluding hydrogens is 255 g/mol. The van der Waals surface area contributed by atoms with Crippen molar-refractivity contribution in [2.75, 3.05) is 6.61 Å². The van der Waals surface area contributed by atoms with E-state index in [1.807, 2.05) is 52.0 Å². The Morgan fingerprint density at radius 2 is 1.60 bits per heavy atom. The Morgan fingerprint density at radius 1 is 1.10 bits per heavy atom. The van der Waals surface area contributed by atoms with Gasteiger partial charge in [-0.05, 0) is 52.2 Å². The number of ether oxygens (including phenoxy) is 1. The number of hydrogen-bond donors (Lipinski definition) is 1. The van der Waals surface area contributed by atoms with Crippen LogP contribution in [0.5, 0.6) is 5.75 Å². The lowest BCUT2D eigenvalue weighted by Gasteiger charge is -2.32. The van der Waals surface area contributed by atoms with Crippen LogP contribution in [0.25, 0.3) is 0 Å². The Kier molecular flexibility index (Phi) is 4.14. The quantitative estimate of drug-likeness (QED) is 0.852. The summed E-state index contributed by atoms with van der Waals surface area (Å²) < 4.78 is 17.4. The topological polar surface area (TPSA) is 47.9 Å². The Balaban J connectivity index is 2.05. The second-order valence-electron chi connectivity index (χ2n) is 6.32. The third-order valence-corrected chi connectivity index (χ3v) is 3.90. The molecule has 0 spiro atoms. The Morgan fingerprint density at radius 3 is 2.05 bits per heavy atom. The normalized spacial score (nSPS) is 21.8. The summed E-state index contributed by atoms with van der Waals surface area (Å²) in [6.45, 7) is 10.1. The van der Waals surface area contributed by atoms with Gasteiger partial charge in [-0.3, -0.25) is 0 Å². The lowest BCUT2D eigenvalue weighted by molar-refractivity contribution is 0.00578. The van der Waals surface area contributed by atoms with E-state index in [0.717, 1.165) is 11.2 Å². The van der Waals surface area contributed by atoms with Crippen molar-refractivity contribution < 1.29 is 19.2 Å². The summed E-state index contributed by atoms with van der Waals surface area (Å²) in [6, 6.07) is 7.59. The molecule has 0 bridgehead atoms. The minimum atomic E-state index is -0.474. The highest BCUT2D eigenvalue weighted by Gasteiger charge is 2.51. The standard InChI is InChI=1S/C15H23BO4/c1-11(17)10-18-13-8-6-12(7-9-13)16-19-14(2,3)15(4,5)20-16/h6-9,11,17H,10H2,1-5H3/t11-/m0/s1. The van der Waals surface area contributed by atoms with Gasteiger partial charge in [0.15, 0.2) is 0 Å². The molecule has 0 aliphatic carbocycles. The molecule has 1 aromatic rings. The summed E-state index contributed by atoms with van der Waals surface area (Å²) in [5, 5.41) is 9.19. The molecule has 1 heterocycles. The maximum atomic E-state index is 9.19. The number of aliphatic hydroxyl groups excluding tert-OH is 1. The van der Waals surface area contributed by atoms with Gasteiger partial charge in [0.2, 0.25) is 0 Å². The molecular formula is C15H23BO4. The van der Waals surface area contributed by atoms with Crippen LogP contribution in [-0.4, -0.2) is 36.1 Å². The molecule has 0 saturated carbocycles. The van der Waals surface area contributed by atoms with Crippen molar-refractivity contribution in [2.24, 2.45) is 0 Å². The van der Waals surface area contributed by atoms with Gasteiger partial charge in [-0.2, -0.15) is 0 Å². The SMILES string of the molecule is C[C@H](O)COc1ccc(B2OC(C)(C)C(C)(C)O2)cc1. The molecule has 5 heteroatoms. The van der Waals surface area contributed by atoms with Crippen LogP contribution < -0.4 is 10.2 Å². The molecule has 0 amide bonds. The second kappa shape index (κ2) is 5.39. The summed E-state index contributed by atoms with van der Waals surface area (Å²) >= 11 is 0. The predicted octanol–water partition coefficient (Wildman–Crippen LogP) is 1.75. The van der Waals surface area contributed by atoms with Gasteiger partial charge in [0, 0.05) is 0 Å². The molecule has 20 heavy (non-hydrogen) atoms. The zero-order chi connectivity index (χ0) is 15.0. The first-order valence-corrected chi connectivity index (χ1v) is 6.98. The highest BCUT2D eigenvalue weighted by molar-refractivity contribution is 6.62. The number of rotatable bonds is 4. The zero-order valence-electron chi connectivity index (χ0n) is 12.8. The van der Waals surface area contributed by atoms with Crippen molar-refractivity contribution in [3.8, 4) is 5.75 Å². The lowest BCUT2D eigenvalue weighted by Crippen LogP contribution is -2.41. The summed E-state index contributed by atoms with van der Waals surface area (Å²) in [4.78, 5) is 0. The van der Waals surface area contributed by atoms with Crippen molar-refractivity contribution in [1.29, 1.82) is 0 Å². The van der Waals surface area contributed by atoms with Gasteiger partial charge in [-0.15, -0.1) is 0 Å². The average molecular weight is 278 g/mol. The third-order valence-electron chi connectivity index (χ3n) is 3.90. The van der Waals surface area contributed by atoms with E-state index in [1.165, 1.54) is 0 Å². The Bertz CT molecular complexity index is 437. The van der Waals surface area contributed by atoms with E-state index in [-0.39, 0.29) is 24.9 Å². The van der Waals surface area contributed by atoms with Crippen molar-refractivity contribution in [2.45, 2.75) is 51.9 Å². The highest BCUT2D eigenvalue weighted by Crippen LogP contribution is 2.36. The molecule has 0 unspecified atom stereocenters. The van der Waals surface area contributed by atoms with E-state index in [0.29, 0.717) is 0 Å². The fraction of sp³-hybridized carbons (Fsp3) is 0.600. The van der Waals surface area contributed by atoms with Crippen molar-refractivity contribution in [3.05, 3.63) is 24.3 Å². The van der Waals surface area contributed by atoms with E-state index < -0.39 is 6.10 Å². The summed E-state index contributed by atoms with van der Waals surface area (Å²) in [5.41, 5.74) is 0.297. The van der Waals surface area contributed by atoms with Gasteiger partial charge in [0.25, 0.3) is 0 Å². The first-order chi connectivity index (χ1) is 9.21. The fourth-order valence-corrected chi connectivity index (χ4v) is 1.92. The zero-order valence-corrected chi connectivity index (χ0v) is 12.8. The molecule has 2 rings (SSSR count). The largest absolute Gasteiger partial charge is 0.494 e. The summed E-state index contributed by atoms with van der Waals surface area (Å²) in [5.74, 6) is 0.728. The van der Waals surface area contributed by atoms with E-state index >= 15 is 0 Å².